The van der Waals surface area contributed by atoms with E-state index in [0.717, 1.165) is 11.1 Å². The smallest absolute Gasteiger partial charge is 0.387 e. The Balaban J connectivity index is 1.98. The van der Waals surface area contributed by atoms with Gasteiger partial charge in [0.25, 0.3) is 5.89 Å². The van der Waals surface area contributed by atoms with Crippen molar-refractivity contribution in [3.05, 3.63) is 28.1 Å². The molecule has 0 aromatic carbocycles. The Hall–Kier alpha value is -2.42. The summed E-state index contributed by atoms with van der Waals surface area (Å²) in [5.41, 5.74) is 0. The van der Waals surface area contributed by atoms with Crippen molar-refractivity contribution in [3.8, 4) is 10.8 Å². The minimum Gasteiger partial charge on any atom is -0.387 e. The summed E-state index contributed by atoms with van der Waals surface area (Å²) >= 11 is 1.36. The van der Waals surface area contributed by atoms with Gasteiger partial charge in [-0.1, -0.05) is 13.0 Å². The Morgan fingerprint density at radius 2 is 2.29 bits per heavy atom. The highest BCUT2D eigenvalue weighted by Crippen LogP contribution is 2.20. The molecule has 0 aliphatic heterocycles. The monoisotopic (exact) mass is 310 g/mol. The second-order valence-corrected chi connectivity index (χ2v) is 5.06. The van der Waals surface area contributed by atoms with Crippen molar-refractivity contribution in [1.29, 1.82) is 0 Å². The van der Waals surface area contributed by atoms with E-state index >= 15 is 0 Å². The van der Waals surface area contributed by atoms with Crippen LogP contribution in [0.1, 0.15) is 13.3 Å². The summed E-state index contributed by atoms with van der Waals surface area (Å²) in [7, 11) is 0. The number of hydrogen-bond acceptors (Lipinski definition) is 6. The second kappa shape index (κ2) is 6.84. The van der Waals surface area contributed by atoms with Gasteiger partial charge < -0.3 is 9.73 Å². The fraction of sp³-hybridized carbons (Fsp3) is 0.333. The Morgan fingerprint density at radius 3 is 2.95 bits per heavy atom. The Kier molecular flexibility index (Phi) is 4.88. The number of nitrogens with one attached hydrogen (secondary N) is 2. The van der Waals surface area contributed by atoms with Gasteiger partial charge in [-0.05, 0) is 17.9 Å². The van der Waals surface area contributed by atoms with Crippen LogP contribution in [-0.4, -0.2) is 28.3 Å². The van der Waals surface area contributed by atoms with E-state index in [1.165, 1.54) is 11.3 Å². The summed E-state index contributed by atoms with van der Waals surface area (Å²) in [4.78, 5) is 35.2. The van der Waals surface area contributed by atoms with Crippen LogP contribution in [0.25, 0.3) is 10.8 Å². The first kappa shape index (κ1) is 15.0. The molecule has 3 amide bonds. The molecule has 2 aromatic rings. The van der Waals surface area contributed by atoms with Crippen LogP contribution in [-0.2, 0) is 11.3 Å². The average Bonchev–Trinajstić information content (AvgIpc) is 3.07. The Labute approximate surface area is 123 Å². The van der Waals surface area contributed by atoms with Crippen LogP contribution in [0.2, 0.25) is 0 Å². The number of nitrogens with zero attached hydrogens (tertiary/aromatic N) is 2. The van der Waals surface area contributed by atoms with E-state index in [1.807, 2.05) is 12.3 Å². The highest BCUT2D eigenvalue weighted by molar-refractivity contribution is 7.13. The quantitative estimate of drug-likeness (QED) is 0.849. The summed E-state index contributed by atoms with van der Waals surface area (Å²) in [6, 6.07) is 2.94. The van der Waals surface area contributed by atoms with Crippen molar-refractivity contribution < 1.29 is 14.0 Å². The summed E-state index contributed by atoms with van der Waals surface area (Å²) in [5.74, 6) is -1.24. The minimum atomic E-state index is -0.748. The maximum Gasteiger partial charge on any atom is 0.437 e. The van der Waals surface area contributed by atoms with Gasteiger partial charge in [-0.2, -0.15) is 4.68 Å². The fourth-order valence-electron chi connectivity index (χ4n) is 1.49. The number of rotatable bonds is 5. The molecule has 8 nitrogen and oxygen atoms in total. The van der Waals surface area contributed by atoms with Crippen LogP contribution in [0.4, 0.5) is 4.79 Å². The van der Waals surface area contributed by atoms with Crippen LogP contribution < -0.4 is 16.4 Å². The lowest BCUT2D eigenvalue weighted by molar-refractivity contribution is -0.120. The standard InChI is InChI=1S/C12H14N4O4S/c1-2-5-13-11(18)14-9(17)7-16-12(19)20-10(15-16)8-4-3-6-21-8/h3-4,6H,2,5,7H2,1H3,(H2,13,14,17,18). The molecule has 0 saturated carbocycles. The zero-order chi connectivity index (χ0) is 15.2. The average molecular weight is 310 g/mol. The molecule has 0 unspecified atom stereocenters. The van der Waals surface area contributed by atoms with E-state index < -0.39 is 17.7 Å². The first-order valence-electron chi connectivity index (χ1n) is 6.29. The van der Waals surface area contributed by atoms with Crippen molar-refractivity contribution in [2.75, 3.05) is 6.54 Å². The third kappa shape index (κ3) is 4.02. The van der Waals surface area contributed by atoms with Crippen molar-refractivity contribution in [2.24, 2.45) is 0 Å². The molecule has 9 heteroatoms. The van der Waals surface area contributed by atoms with Gasteiger partial charge in [0.1, 0.15) is 6.54 Å². The summed E-state index contributed by atoms with van der Waals surface area (Å²) in [5, 5.41) is 10.3. The number of urea groups is 1. The summed E-state index contributed by atoms with van der Waals surface area (Å²) in [6.45, 7) is 1.97. The molecule has 0 bridgehead atoms. The van der Waals surface area contributed by atoms with Crippen LogP contribution in [0, 0.1) is 0 Å². The number of thiophene rings is 1. The van der Waals surface area contributed by atoms with Crippen LogP contribution in [0.15, 0.2) is 26.7 Å². The Bertz CT molecular complexity index is 674. The number of carbonyl (C=O) groups excluding carboxylic acids is 2. The van der Waals surface area contributed by atoms with E-state index in [0.29, 0.717) is 11.4 Å². The molecular formula is C12H14N4O4S. The van der Waals surface area contributed by atoms with Gasteiger partial charge in [0, 0.05) is 6.54 Å². The zero-order valence-electron chi connectivity index (χ0n) is 11.3. The molecule has 21 heavy (non-hydrogen) atoms. The van der Waals surface area contributed by atoms with Crippen molar-refractivity contribution >= 4 is 23.3 Å². The largest absolute Gasteiger partial charge is 0.437 e. The van der Waals surface area contributed by atoms with Crippen LogP contribution in [0.5, 0.6) is 0 Å². The molecule has 2 aromatic heterocycles. The molecule has 0 fully saturated rings. The normalized spacial score (nSPS) is 10.3. The molecule has 0 aliphatic carbocycles. The van der Waals surface area contributed by atoms with Gasteiger partial charge >= 0.3 is 11.8 Å². The second-order valence-electron chi connectivity index (χ2n) is 4.11. The van der Waals surface area contributed by atoms with Gasteiger partial charge in [0.2, 0.25) is 5.91 Å². The number of carbonyl (C=O) groups is 2. The molecule has 0 aliphatic rings. The first-order valence-corrected chi connectivity index (χ1v) is 7.17. The maximum atomic E-state index is 11.6. The van der Waals surface area contributed by atoms with Crippen molar-refractivity contribution in [2.45, 2.75) is 19.9 Å². The number of aromatic nitrogens is 2. The number of imide groups is 1. The molecule has 0 radical (unpaired) electrons. The molecule has 0 atom stereocenters. The van der Waals surface area contributed by atoms with E-state index in [1.54, 1.807) is 12.1 Å². The van der Waals surface area contributed by atoms with Gasteiger partial charge in [-0.3, -0.25) is 10.1 Å². The van der Waals surface area contributed by atoms with Crippen molar-refractivity contribution in [1.82, 2.24) is 20.4 Å². The number of hydrogen-bond donors (Lipinski definition) is 2. The molecule has 2 N–H and O–H groups in total. The van der Waals surface area contributed by atoms with Gasteiger partial charge in [-0.15, -0.1) is 16.4 Å². The lowest BCUT2D eigenvalue weighted by atomic mass is 10.5. The van der Waals surface area contributed by atoms with Gasteiger partial charge in [-0.25, -0.2) is 9.59 Å². The lowest BCUT2D eigenvalue weighted by Crippen LogP contribution is -2.42. The predicted molar refractivity (Wildman–Crippen MR) is 75.9 cm³/mol. The van der Waals surface area contributed by atoms with Gasteiger partial charge in [0.15, 0.2) is 0 Å². The minimum absolute atomic E-state index is 0.151. The fourth-order valence-corrected chi connectivity index (χ4v) is 2.14. The van der Waals surface area contributed by atoms with E-state index in [2.05, 4.69) is 15.7 Å². The van der Waals surface area contributed by atoms with E-state index in [4.69, 9.17) is 4.42 Å². The summed E-state index contributed by atoms with van der Waals surface area (Å²) in [6.07, 6.45) is 0.758. The maximum absolute atomic E-state index is 11.6. The highest BCUT2D eigenvalue weighted by atomic mass is 32.1. The highest BCUT2D eigenvalue weighted by Gasteiger charge is 2.15. The van der Waals surface area contributed by atoms with E-state index in [-0.39, 0.29) is 12.4 Å². The first-order chi connectivity index (χ1) is 10.1. The third-order valence-electron chi connectivity index (χ3n) is 2.42. The van der Waals surface area contributed by atoms with Gasteiger partial charge in [0.05, 0.1) is 4.88 Å². The van der Waals surface area contributed by atoms with Crippen LogP contribution in [0.3, 0.4) is 0 Å². The molecular weight excluding hydrogens is 296 g/mol. The SMILES string of the molecule is CCCNC(=O)NC(=O)Cn1nc(-c2cccs2)oc1=O. The van der Waals surface area contributed by atoms with Crippen molar-refractivity contribution in [3.63, 3.8) is 0 Å². The van der Waals surface area contributed by atoms with Crippen LogP contribution >= 0.6 is 11.3 Å². The molecule has 2 rings (SSSR count). The molecule has 0 saturated heterocycles. The van der Waals surface area contributed by atoms with E-state index in [9.17, 15) is 14.4 Å². The lowest BCUT2D eigenvalue weighted by Gasteiger charge is -2.04. The predicted octanol–water partition coefficient (Wildman–Crippen LogP) is 0.801. The molecule has 2 heterocycles. The topological polar surface area (TPSA) is 106 Å². The zero-order valence-corrected chi connectivity index (χ0v) is 12.1. The third-order valence-corrected chi connectivity index (χ3v) is 3.28. The summed E-state index contributed by atoms with van der Waals surface area (Å²) < 4.78 is 5.83. The molecule has 112 valence electrons. The Morgan fingerprint density at radius 1 is 1.48 bits per heavy atom. The molecule has 0 spiro atoms. The number of amides is 3.